The van der Waals surface area contributed by atoms with Crippen molar-refractivity contribution in [1.29, 1.82) is 15.8 Å². The second kappa shape index (κ2) is 13.0. The average Bonchev–Trinajstić information content (AvgIpc) is 2.65. The van der Waals surface area contributed by atoms with Crippen LogP contribution in [0.1, 0.15) is 32.6 Å². The van der Waals surface area contributed by atoms with Crippen LogP contribution < -0.4 is 5.32 Å². The Morgan fingerprint density at radius 2 is 1.39 bits per heavy atom. The predicted octanol–water partition coefficient (Wildman–Crippen LogP) is 1.06. The van der Waals surface area contributed by atoms with E-state index in [1.165, 1.54) is 0 Å². The van der Waals surface area contributed by atoms with Crippen molar-refractivity contribution in [2.24, 2.45) is 5.41 Å². The number of ether oxygens (including phenoxy) is 4. The van der Waals surface area contributed by atoms with Gasteiger partial charge in [0.2, 0.25) is 5.91 Å². The number of nitriles is 3. The summed E-state index contributed by atoms with van der Waals surface area (Å²) in [5.74, 6) is -0.169. The fourth-order valence-electron chi connectivity index (χ4n) is 2.61. The van der Waals surface area contributed by atoms with Gasteiger partial charge >= 0.3 is 0 Å². The van der Waals surface area contributed by atoms with Crippen LogP contribution in [0.3, 0.4) is 0 Å². The van der Waals surface area contributed by atoms with Crippen molar-refractivity contribution in [2.75, 3.05) is 52.9 Å². The Hall–Kier alpha value is -2.22. The molecular weight excluding hydrogens is 364 g/mol. The molecule has 9 heteroatoms. The minimum Gasteiger partial charge on any atom is -0.379 e. The first-order valence-corrected chi connectivity index (χ1v) is 9.32. The summed E-state index contributed by atoms with van der Waals surface area (Å²) in [7, 11) is 0. The number of hydrogen-bond acceptors (Lipinski definition) is 8. The van der Waals surface area contributed by atoms with Gasteiger partial charge in [-0.3, -0.25) is 4.79 Å². The topological polar surface area (TPSA) is 137 Å². The maximum absolute atomic E-state index is 12.9. The minimum absolute atomic E-state index is 0.0835. The summed E-state index contributed by atoms with van der Waals surface area (Å²) in [6, 6.07) is 6.01. The van der Waals surface area contributed by atoms with E-state index in [-0.39, 0.29) is 64.8 Å². The van der Waals surface area contributed by atoms with E-state index in [2.05, 4.69) is 5.32 Å². The SMILES string of the molecule is CCC1(C(=O)NC(COCCC#N)(COCCC#N)COCCC#N)COC1. The smallest absolute Gasteiger partial charge is 0.231 e. The molecule has 1 aliphatic rings. The molecular formula is C19H28N4O5. The summed E-state index contributed by atoms with van der Waals surface area (Å²) in [4.78, 5) is 12.9. The highest BCUT2D eigenvalue weighted by Crippen LogP contribution is 2.32. The van der Waals surface area contributed by atoms with Crippen LogP contribution in [0.15, 0.2) is 0 Å². The Bertz CT molecular complexity index is 540. The molecule has 0 aromatic rings. The Morgan fingerprint density at radius 3 is 1.68 bits per heavy atom. The number of carbonyl (C=O) groups is 1. The summed E-state index contributed by atoms with van der Waals surface area (Å²) < 4.78 is 22.0. The average molecular weight is 392 g/mol. The van der Waals surface area contributed by atoms with E-state index in [0.29, 0.717) is 19.6 Å². The molecule has 1 rings (SSSR count). The van der Waals surface area contributed by atoms with Gasteiger partial charge < -0.3 is 24.3 Å². The summed E-state index contributed by atoms with van der Waals surface area (Å²) >= 11 is 0. The van der Waals surface area contributed by atoms with Gasteiger partial charge in [-0.25, -0.2) is 0 Å². The second-order valence-electron chi connectivity index (χ2n) is 6.74. The largest absolute Gasteiger partial charge is 0.379 e. The lowest BCUT2D eigenvalue weighted by atomic mass is 9.81. The quantitative estimate of drug-likeness (QED) is 0.408. The molecule has 28 heavy (non-hydrogen) atoms. The maximum atomic E-state index is 12.9. The molecule has 0 unspecified atom stereocenters. The van der Waals surface area contributed by atoms with Gasteiger partial charge in [0.05, 0.1) is 95.7 Å². The van der Waals surface area contributed by atoms with Crippen molar-refractivity contribution in [3.05, 3.63) is 0 Å². The molecule has 1 fully saturated rings. The molecule has 0 spiro atoms. The summed E-state index contributed by atoms with van der Waals surface area (Å²) in [5, 5.41) is 29.1. The first-order chi connectivity index (χ1) is 13.6. The molecule has 0 aromatic heterocycles. The van der Waals surface area contributed by atoms with E-state index in [1.54, 1.807) is 0 Å². The van der Waals surface area contributed by atoms with E-state index in [9.17, 15) is 4.79 Å². The first-order valence-electron chi connectivity index (χ1n) is 9.32. The number of amides is 1. The highest BCUT2D eigenvalue weighted by Gasteiger charge is 2.47. The van der Waals surface area contributed by atoms with Gasteiger partial charge in [0.1, 0.15) is 5.54 Å². The Labute approximate surface area is 166 Å². The van der Waals surface area contributed by atoms with E-state index in [4.69, 9.17) is 34.7 Å². The lowest BCUT2D eigenvalue weighted by Crippen LogP contribution is -2.64. The van der Waals surface area contributed by atoms with Crippen LogP contribution in [0.4, 0.5) is 0 Å². The standard InChI is InChI=1S/C19H28N4O5/c1-2-18(12-28-13-18)17(24)23-19(14-25-9-3-6-20,15-26-10-4-7-21)16-27-11-5-8-22/h2-5,9-16H2,1H3,(H,23,24). The maximum Gasteiger partial charge on any atom is 0.231 e. The van der Waals surface area contributed by atoms with E-state index < -0.39 is 11.0 Å². The third-order valence-electron chi connectivity index (χ3n) is 4.50. The highest BCUT2D eigenvalue weighted by molar-refractivity contribution is 5.84. The zero-order chi connectivity index (χ0) is 20.7. The first kappa shape index (κ1) is 23.8. The fraction of sp³-hybridized carbons (Fsp3) is 0.789. The van der Waals surface area contributed by atoms with Gasteiger partial charge in [0.15, 0.2) is 0 Å². The summed E-state index contributed by atoms with van der Waals surface area (Å²) in [6.45, 7) is 3.53. The Balaban J connectivity index is 2.87. The van der Waals surface area contributed by atoms with Crippen molar-refractivity contribution in [1.82, 2.24) is 5.32 Å². The lowest BCUT2D eigenvalue weighted by Gasteiger charge is -2.43. The zero-order valence-corrected chi connectivity index (χ0v) is 16.4. The highest BCUT2D eigenvalue weighted by atomic mass is 16.5. The van der Waals surface area contributed by atoms with Crippen molar-refractivity contribution in [3.8, 4) is 18.2 Å². The van der Waals surface area contributed by atoms with Crippen molar-refractivity contribution >= 4 is 5.91 Å². The van der Waals surface area contributed by atoms with Gasteiger partial charge in [0.25, 0.3) is 0 Å². The molecule has 1 heterocycles. The molecule has 9 nitrogen and oxygen atoms in total. The molecule has 0 atom stereocenters. The van der Waals surface area contributed by atoms with E-state index in [0.717, 1.165) is 0 Å². The van der Waals surface area contributed by atoms with Crippen LogP contribution in [-0.4, -0.2) is 64.3 Å². The third-order valence-corrected chi connectivity index (χ3v) is 4.50. The molecule has 0 radical (unpaired) electrons. The number of nitrogens with one attached hydrogen (secondary N) is 1. The van der Waals surface area contributed by atoms with Crippen molar-refractivity contribution in [3.63, 3.8) is 0 Å². The van der Waals surface area contributed by atoms with Crippen LogP contribution >= 0.6 is 0 Å². The van der Waals surface area contributed by atoms with Crippen molar-refractivity contribution < 1.29 is 23.7 Å². The molecule has 0 saturated carbocycles. The van der Waals surface area contributed by atoms with Crippen LogP contribution in [0.25, 0.3) is 0 Å². The van der Waals surface area contributed by atoms with Gasteiger partial charge in [-0.2, -0.15) is 15.8 Å². The summed E-state index contributed by atoms with van der Waals surface area (Å²) in [6.07, 6.45) is 1.30. The number of rotatable bonds is 15. The summed E-state index contributed by atoms with van der Waals surface area (Å²) in [5.41, 5.74) is -1.58. The monoisotopic (exact) mass is 392 g/mol. The molecule has 0 aliphatic carbocycles. The normalized spacial score (nSPS) is 14.9. The van der Waals surface area contributed by atoms with E-state index >= 15 is 0 Å². The number of nitrogens with zero attached hydrogens (tertiary/aromatic N) is 3. The number of carbonyl (C=O) groups excluding carboxylic acids is 1. The Morgan fingerprint density at radius 1 is 0.964 bits per heavy atom. The van der Waals surface area contributed by atoms with Crippen LogP contribution in [0.5, 0.6) is 0 Å². The molecule has 1 aliphatic heterocycles. The minimum atomic E-state index is -0.991. The number of hydrogen-bond donors (Lipinski definition) is 1. The third kappa shape index (κ3) is 7.42. The van der Waals surface area contributed by atoms with Gasteiger partial charge in [0, 0.05) is 0 Å². The van der Waals surface area contributed by atoms with Crippen molar-refractivity contribution in [2.45, 2.75) is 38.1 Å². The molecule has 1 saturated heterocycles. The molecule has 0 aromatic carbocycles. The fourth-order valence-corrected chi connectivity index (χ4v) is 2.61. The zero-order valence-electron chi connectivity index (χ0n) is 16.4. The van der Waals surface area contributed by atoms with Gasteiger partial charge in [-0.1, -0.05) is 6.92 Å². The molecule has 0 bridgehead atoms. The van der Waals surface area contributed by atoms with Crippen LogP contribution in [0.2, 0.25) is 0 Å². The molecule has 154 valence electrons. The lowest BCUT2D eigenvalue weighted by molar-refractivity contribution is -0.167. The predicted molar refractivity (Wildman–Crippen MR) is 97.6 cm³/mol. The van der Waals surface area contributed by atoms with Gasteiger partial charge in [-0.05, 0) is 6.42 Å². The van der Waals surface area contributed by atoms with Gasteiger partial charge in [-0.15, -0.1) is 0 Å². The van der Waals surface area contributed by atoms with Crippen LogP contribution in [0, 0.1) is 39.4 Å². The molecule has 1 amide bonds. The Kier molecular flexibility index (Phi) is 11.1. The molecule has 1 N–H and O–H groups in total. The van der Waals surface area contributed by atoms with Crippen LogP contribution in [-0.2, 0) is 23.7 Å². The second-order valence-corrected chi connectivity index (χ2v) is 6.74. The van der Waals surface area contributed by atoms with E-state index in [1.807, 2.05) is 25.1 Å².